The van der Waals surface area contributed by atoms with Crippen molar-refractivity contribution in [3.63, 3.8) is 0 Å². The SMILES string of the molecule is CC1=C(C(=O)OC2CCCCC2)[C@@H](c2ccc(Cl)cc2)C2=C(CCCC2=O)N1. The topological polar surface area (TPSA) is 55.4 Å². The van der Waals surface area contributed by atoms with Crippen molar-refractivity contribution in [3.8, 4) is 0 Å². The van der Waals surface area contributed by atoms with Crippen molar-refractivity contribution < 1.29 is 14.3 Å². The van der Waals surface area contributed by atoms with Gasteiger partial charge in [-0.1, -0.05) is 30.2 Å². The van der Waals surface area contributed by atoms with Gasteiger partial charge in [-0.3, -0.25) is 4.79 Å². The number of benzene rings is 1. The first-order valence-corrected chi connectivity index (χ1v) is 10.6. The van der Waals surface area contributed by atoms with E-state index in [2.05, 4.69) is 5.32 Å². The van der Waals surface area contributed by atoms with Crippen LogP contribution in [0.25, 0.3) is 0 Å². The zero-order chi connectivity index (χ0) is 19.7. The lowest BCUT2D eigenvalue weighted by atomic mass is 9.75. The molecule has 1 fully saturated rings. The molecule has 0 spiro atoms. The minimum Gasteiger partial charge on any atom is -0.459 e. The van der Waals surface area contributed by atoms with Gasteiger partial charge in [0.05, 0.1) is 5.57 Å². The summed E-state index contributed by atoms with van der Waals surface area (Å²) in [5.74, 6) is -0.580. The van der Waals surface area contributed by atoms with Crippen LogP contribution in [0.2, 0.25) is 5.02 Å². The number of dihydropyridines is 1. The number of carbonyl (C=O) groups is 2. The van der Waals surface area contributed by atoms with Crippen LogP contribution in [0.15, 0.2) is 46.8 Å². The molecule has 2 aliphatic carbocycles. The smallest absolute Gasteiger partial charge is 0.337 e. The van der Waals surface area contributed by atoms with E-state index >= 15 is 0 Å². The van der Waals surface area contributed by atoms with Crippen LogP contribution in [0.3, 0.4) is 0 Å². The molecule has 3 aliphatic rings. The molecule has 0 aromatic heterocycles. The first kappa shape index (κ1) is 19.3. The second kappa shape index (κ2) is 8.12. The molecule has 148 valence electrons. The highest BCUT2D eigenvalue weighted by molar-refractivity contribution is 6.30. The molecular formula is C23H26ClNO3. The standard InChI is InChI=1S/C23H26ClNO3/c1-14-20(23(27)28-17-6-3-2-4-7-17)21(15-10-12-16(24)13-11-15)22-18(25-14)8-5-9-19(22)26/h10-13,17,21,25H,2-9H2,1H3/t21-/m1/s1. The highest BCUT2D eigenvalue weighted by Gasteiger charge is 2.39. The van der Waals surface area contributed by atoms with Crippen molar-refractivity contribution >= 4 is 23.4 Å². The molecule has 0 radical (unpaired) electrons. The van der Waals surface area contributed by atoms with E-state index in [0.717, 1.165) is 61.1 Å². The minimum atomic E-state index is -0.391. The maximum Gasteiger partial charge on any atom is 0.337 e. The van der Waals surface area contributed by atoms with Crippen molar-refractivity contribution in [2.24, 2.45) is 0 Å². The normalized spacial score (nSPS) is 23.4. The first-order chi connectivity index (χ1) is 13.5. The van der Waals surface area contributed by atoms with Crippen molar-refractivity contribution in [2.45, 2.75) is 70.3 Å². The molecule has 1 aliphatic heterocycles. The lowest BCUT2D eigenvalue weighted by Gasteiger charge is -2.35. The van der Waals surface area contributed by atoms with Crippen LogP contribution < -0.4 is 5.32 Å². The number of carbonyl (C=O) groups excluding carboxylic acids is 2. The van der Waals surface area contributed by atoms with E-state index in [9.17, 15) is 9.59 Å². The second-order valence-corrected chi connectivity index (χ2v) is 8.42. The molecule has 1 atom stereocenters. The van der Waals surface area contributed by atoms with Crippen LogP contribution in [0.1, 0.15) is 69.8 Å². The second-order valence-electron chi connectivity index (χ2n) is 7.98. The summed E-state index contributed by atoms with van der Waals surface area (Å²) in [7, 11) is 0. The predicted octanol–water partition coefficient (Wildman–Crippen LogP) is 5.18. The molecule has 4 nitrogen and oxygen atoms in total. The number of halogens is 1. The zero-order valence-corrected chi connectivity index (χ0v) is 17.0. The number of allylic oxidation sites excluding steroid dienone is 3. The number of hydrogen-bond donors (Lipinski definition) is 1. The third kappa shape index (κ3) is 3.75. The van der Waals surface area contributed by atoms with Gasteiger partial charge in [-0.05, 0) is 63.1 Å². The van der Waals surface area contributed by atoms with E-state index < -0.39 is 5.92 Å². The molecule has 1 saturated carbocycles. The minimum absolute atomic E-state index is 0.0233. The Hall–Kier alpha value is -2.07. The molecule has 1 aromatic rings. The molecule has 0 bridgehead atoms. The molecule has 0 saturated heterocycles. The Labute approximate surface area is 171 Å². The number of rotatable bonds is 3. The summed E-state index contributed by atoms with van der Waals surface area (Å²) >= 11 is 6.08. The molecule has 0 unspecified atom stereocenters. The van der Waals surface area contributed by atoms with Crippen LogP contribution in [-0.2, 0) is 14.3 Å². The van der Waals surface area contributed by atoms with Crippen molar-refractivity contribution in [2.75, 3.05) is 0 Å². The van der Waals surface area contributed by atoms with Crippen molar-refractivity contribution in [1.29, 1.82) is 0 Å². The molecule has 5 heteroatoms. The molecule has 1 aromatic carbocycles. The van der Waals surface area contributed by atoms with Crippen molar-refractivity contribution in [1.82, 2.24) is 5.32 Å². The van der Waals surface area contributed by atoms with E-state index in [4.69, 9.17) is 16.3 Å². The van der Waals surface area contributed by atoms with Crippen LogP contribution in [0, 0.1) is 0 Å². The summed E-state index contributed by atoms with van der Waals surface area (Å²) in [4.78, 5) is 26.1. The first-order valence-electron chi connectivity index (χ1n) is 10.2. The van der Waals surface area contributed by atoms with Gasteiger partial charge in [-0.25, -0.2) is 4.79 Å². The molecule has 28 heavy (non-hydrogen) atoms. The van der Waals surface area contributed by atoms with E-state index in [1.807, 2.05) is 31.2 Å². The van der Waals surface area contributed by atoms with Crippen LogP contribution >= 0.6 is 11.6 Å². The summed E-state index contributed by atoms with van der Waals surface area (Å²) < 4.78 is 5.89. The summed E-state index contributed by atoms with van der Waals surface area (Å²) in [6.45, 7) is 1.91. The maximum atomic E-state index is 13.2. The molecule has 4 rings (SSSR count). The maximum absolute atomic E-state index is 13.2. The highest BCUT2D eigenvalue weighted by Crippen LogP contribution is 2.43. The fourth-order valence-corrected chi connectivity index (χ4v) is 4.77. The Kier molecular flexibility index (Phi) is 5.58. The third-order valence-electron chi connectivity index (χ3n) is 6.03. The van der Waals surface area contributed by atoms with Gasteiger partial charge in [-0.15, -0.1) is 0 Å². The largest absolute Gasteiger partial charge is 0.459 e. The van der Waals surface area contributed by atoms with E-state index in [1.165, 1.54) is 6.42 Å². The van der Waals surface area contributed by atoms with Gasteiger partial charge < -0.3 is 10.1 Å². The quantitative estimate of drug-likeness (QED) is 0.711. The highest BCUT2D eigenvalue weighted by atomic mass is 35.5. The zero-order valence-electron chi connectivity index (χ0n) is 16.2. The average Bonchev–Trinajstić information content (AvgIpc) is 2.68. The Morgan fingerprint density at radius 3 is 2.50 bits per heavy atom. The molecule has 1 N–H and O–H groups in total. The Balaban J connectivity index is 1.72. The summed E-state index contributed by atoms with van der Waals surface area (Å²) in [6.07, 6.45) is 7.41. The third-order valence-corrected chi connectivity index (χ3v) is 6.28. The monoisotopic (exact) mass is 399 g/mol. The number of hydrogen-bond acceptors (Lipinski definition) is 4. The molecular weight excluding hydrogens is 374 g/mol. The van der Waals surface area contributed by atoms with Crippen LogP contribution in [0.4, 0.5) is 0 Å². The van der Waals surface area contributed by atoms with Gasteiger partial charge >= 0.3 is 5.97 Å². The lowest BCUT2D eigenvalue weighted by Crippen LogP contribution is -2.35. The lowest BCUT2D eigenvalue weighted by molar-refractivity contribution is -0.146. The van der Waals surface area contributed by atoms with Gasteiger partial charge in [0.2, 0.25) is 0 Å². The predicted molar refractivity (Wildman–Crippen MR) is 109 cm³/mol. The van der Waals surface area contributed by atoms with E-state index in [-0.39, 0.29) is 17.9 Å². The summed E-state index contributed by atoms with van der Waals surface area (Å²) in [5, 5.41) is 3.97. The number of Topliss-reactive ketones (excluding diaryl/α,β-unsaturated/α-hetero) is 1. The van der Waals surface area contributed by atoms with E-state index in [1.54, 1.807) is 0 Å². The van der Waals surface area contributed by atoms with Gasteiger partial charge in [0.1, 0.15) is 6.10 Å². The van der Waals surface area contributed by atoms with Gasteiger partial charge in [0.15, 0.2) is 5.78 Å². The Morgan fingerprint density at radius 2 is 1.79 bits per heavy atom. The Morgan fingerprint density at radius 1 is 1.07 bits per heavy atom. The fraction of sp³-hybridized carbons (Fsp3) is 0.478. The van der Waals surface area contributed by atoms with Gasteiger partial charge in [0, 0.05) is 34.3 Å². The fourth-order valence-electron chi connectivity index (χ4n) is 4.64. The summed E-state index contributed by atoms with van der Waals surface area (Å²) in [5.41, 5.74) is 3.91. The van der Waals surface area contributed by atoms with Gasteiger partial charge in [-0.2, -0.15) is 0 Å². The van der Waals surface area contributed by atoms with Gasteiger partial charge in [0.25, 0.3) is 0 Å². The number of ketones is 1. The van der Waals surface area contributed by atoms with Crippen molar-refractivity contribution in [3.05, 3.63) is 57.4 Å². The van der Waals surface area contributed by atoms with Crippen LogP contribution in [0.5, 0.6) is 0 Å². The van der Waals surface area contributed by atoms with E-state index in [0.29, 0.717) is 17.0 Å². The van der Waals surface area contributed by atoms with Crippen LogP contribution in [-0.4, -0.2) is 17.9 Å². The summed E-state index contributed by atoms with van der Waals surface area (Å²) in [6, 6.07) is 7.44. The number of esters is 1. The average molecular weight is 400 g/mol. The molecule has 0 amide bonds. The molecule has 1 heterocycles. The number of nitrogens with one attached hydrogen (secondary N) is 1. The number of ether oxygens (including phenoxy) is 1. The Bertz CT molecular complexity index is 847.